The smallest absolute Gasteiger partial charge is 0.261 e. The summed E-state index contributed by atoms with van der Waals surface area (Å²) in [5.74, 6) is -1.06. The highest BCUT2D eigenvalue weighted by atomic mass is 16.3. The molecule has 0 saturated carbocycles. The molecule has 5 heteroatoms. The summed E-state index contributed by atoms with van der Waals surface area (Å²) in [5.41, 5.74) is 1.39. The highest BCUT2D eigenvalue weighted by Crippen LogP contribution is 2.25. The van der Waals surface area contributed by atoms with E-state index in [0.29, 0.717) is 18.5 Å². The summed E-state index contributed by atoms with van der Waals surface area (Å²) in [6.07, 6.45) is 8.07. The first-order chi connectivity index (χ1) is 11.5. The fourth-order valence-electron chi connectivity index (χ4n) is 1.94. The van der Waals surface area contributed by atoms with Crippen molar-refractivity contribution >= 4 is 12.0 Å². The van der Waals surface area contributed by atoms with Crippen molar-refractivity contribution in [2.45, 2.75) is 12.8 Å². The van der Waals surface area contributed by atoms with Gasteiger partial charge < -0.3 is 15.5 Å². The van der Waals surface area contributed by atoms with Gasteiger partial charge in [0.25, 0.3) is 5.91 Å². The third-order valence-electron chi connectivity index (χ3n) is 3.20. The van der Waals surface area contributed by atoms with Gasteiger partial charge in [0.2, 0.25) is 0 Å². The second kappa shape index (κ2) is 9.70. The van der Waals surface area contributed by atoms with Crippen molar-refractivity contribution in [2.24, 2.45) is 0 Å². The first-order valence-electron chi connectivity index (χ1n) is 7.37. The third-order valence-corrected chi connectivity index (χ3v) is 3.20. The molecule has 0 atom stereocenters. The van der Waals surface area contributed by atoms with Crippen LogP contribution in [0, 0.1) is 11.3 Å². The Labute approximate surface area is 141 Å². The van der Waals surface area contributed by atoms with Crippen LogP contribution in [0.5, 0.6) is 11.5 Å². The molecule has 0 radical (unpaired) electrons. The molecule has 0 saturated heterocycles. The van der Waals surface area contributed by atoms with Gasteiger partial charge in [-0.3, -0.25) is 4.79 Å². The van der Waals surface area contributed by atoms with Crippen LogP contribution in [0.15, 0.2) is 60.7 Å². The number of carbonyl (C=O) groups excluding carboxylic acids is 1. The Hall–Kier alpha value is -3.26. The van der Waals surface area contributed by atoms with Crippen LogP contribution in [-0.4, -0.2) is 22.7 Å². The molecule has 0 aromatic heterocycles. The molecule has 24 heavy (non-hydrogen) atoms. The van der Waals surface area contributed by atoms with E-state index in [-0.39, 0.29) is 17.1 Å². The number of nitrogens with zero attached hydrogens (tertiary/aromatic N) is 1. The van der Waals surface area contributed by atoms with Gasteiger partial charge in [0.05, 0.1) is 0 Å². The zero-order valence-corrected chi connectivity index (χ0v) is 13.3. The Bertz CT molecular complexity index is 725. The lowest BCUT2D eigenvalue weighted by Gasteiger charge is -2.05. The van der Waals surface area contributed by atoms with Crippen molar-refractivity contribution in [1.29, 1.82) is 5.26 Å². The number of rotatable bonds is 8. The molecule has 0 bridgehead atoms. The molecule has 1 aromatic carbocycles. The minimum absolute atomic E-state index is 0.0781. The van der Waals surface area contributed by atoms with Gasteiger partial charge in [0.1, 0.15) is 11.6 Å². The van der Waals surface area contributed by atoms with Gasteiger partial charge in [-0.2, -0.15) is 5.26 Å². The molecular weight excluding hydrogens is 304 g/mol. The average Bonchev–Trinajstić information content (AvgIpc) is 2.58. The number of aromatic hydroxyl groups is 2. The molecular formula is C19H20N2O3. The fourth-order valence-corrected chi connectivity index (χ4v) is 1.94. The van der Waals surface area contributed by atoms with Crippen LogP contribution in [-0.2, 0) is 4.79 Å². The van der Waals surface area contributed by atoms with Gasteiger partial charge in [-0.1, -0.05) is 37.5 Å². The minimum Gasteiger partial charge on any atom is -0.504 e. The monoisotopic (exact) mass is 324 g/mol. The molecule has 124 valence electrons. The Morgan fingerprint density at radius 2 is 2.04 bits per heavy atom. The van der Waals surface area contributed by atoms with E-state index in [4.69, 9.17) is 5.26 Å². The molecule has 1 aromatic rings. The first kappa shape index (κ1) is 18.8. The number of nitrogens with one attached hydrogen (secondary N) is 1. The van der Waals surface area contributed by atoms with Crippen molar-refractivity contribution in [3.63, 3.8) is 0 Å². The largest absolute Gasteiger partial charge is 0.504 e. The normalized spacial score (nSPS) is 11.5. The van der Waals surface area contributed by atoms with E-state index in [9.17, 15) is 15.0 Å². The van der Waals surface area contributed by atoms with Gasteiger partial charge in [0, 0.05) is 6.54 Å². The first-order valence-corrected chi connectivity index (χ1v) is 7.37. The maximum atomic E-state index is 12.0. The SMILES string of the molecule is C=C/C=C(\C=C)CCCNC(=O)/C(C#N)=C/c1ccc(O)c(O)c1. The predicted octanol–water partition coefficient (Wildman–Crippen LogP) is 3.20. The van der Waals surface area contributed by atoms with Gasteiger partial charge >= 0.3 is 0 Å². The quantitative estimate of drug-likeness (QED) is 0.225. The number of nitriles is 1. The molecule has 0 aliphatic rings. The van der Waals surface area contributed by atoms with Gasteiger partial charge in [-0.05, 0) is 42.2 Å². The number of benzene rings is 1. The lowest BCUT2D eigenvalue weighted by atomic mass is 10.1. The summed E-state index contributed by atoms with van der Waals surface area (Å²) in [5, 5.41) is 30.5. The molecule has 0 aliphatic heterocycles. The summed E-state index contributed by atoms with van der Waals surface area (Å²) < 4.78 is 0. The average molecular weight is 324 g/mol. The summed E-state index contributed by atoms with van der Waals surface area (Å²) in [4.78, 5) is 12.0. The Balaban J connectivity index is 2.64. The van der Waals surface area contributed by atoms with E-state index in [1.54, 1.807) is 12.2 Å². The number of phenols is 2. The van der Waals surface area contributed by atoms with Crippen LogP contribution in [0.3, 0.4) is 0 Å². The molecule has 0 aliphatic carbocycles. The van der Waals surface area contributed by atoms with E-state index < -0.39 is 5.91 Å². The summed E-state index contributed by atoms with van der Waals surface area (Å²) in [7, 11) is 0. The molecule has 0 spiro atoms. The van der Waals surface area contributed by atoms with E-state index in [1.165, 1.54) is 24.3 Å². The molecule has 5 nitrogen and oxygen atoms in total. The summed E-state index contributed by atoms with van der Waals surface area (Å²) >= 11 is 0. The number of allylic oxidation sites excluding steroid dienone is 4. The van der Waals surface area contributed by atoms with Crippen LogP contribution in [0.1, 0.15) is 18.4 Å². The van der Waals surface area contributed by atoms with E-state index in [0.717, 1.165) is 12.0 Å². The van der Waals surface area contributed by atoms with Crippen molar-refractivity contribution < 1.29 is 15.0 Å². The number of phenolic OH excluding ortho intramolecular Hbond substituents is 2. The van der Waals surface area contributed by atoms with Crippen LogP contribution in [0.25, 0.3) is 6.08 Å². The molecule has 0 unspecified atom stereocenters. The highest BCUT2D eigenvalue weighted by Gasteiger charge is 2.09. The maximum absolute atomic E-state index is 12.0. The van der Waals surface area contributed by atoms with Crippen LogP contribution in [0.2, 0.25) is 0 Å². The number of hydrogen-bond acceptors (Lipinski definition) is 4. The van der Waals surface area contributed by atoms with Gasteiger partial charge in [-0.15, -0.1) is 0 Å². The second-order valence-corrected chi connectivity index (χ2v) is 4.96. The Morgan fingerprint density at radius 3 is 2.62 bits per heavy atom. The van der Waals surface area contributed by atoms with Gasteiger partial charge in [-0.25, -0.2) is 0 Å². The minimum atomic E-state index is -0.488. The number of amides is 1. The van der Waals surface area contributed by atoms with E-state index in [1.807, 2.05) is 12.1 Å². The van der Waals surface area contributed by atoms with E-state index >= 15 is 0 Å². The molecule has 3 N–H and O–H groups in total. The summed E-state index contributed by atoms with van der Waals surface area (Å²) in [6.45, 7) is 7.74. The van der Waals surface area contributed by atoms with Crippen molar-refractivity contribution in [3.8, 4) is 17.6 Å². The summed E-state index contributed by atoms with van der Waals surface area (Å²) in [6, 6.07) is 5.89. The molecule has 1 rings (SSSR count). The lowest BCUT2D eigenvalue weighted by Crippen LogP contribution is -2.25. The highest BCUT2D eigenvalue weighted by molar-refractivity contribution is 6.01. The molecule has 0 fully saturated rings. The number of hydrogen-bond donors (Lipinski definition) is 3. The van der Waals surface area contributed by atoms with Crippen molar-refractivity contribution in [2.75, 3.05) is 6.54 Å². The second-order valence-electron chi connectivity index (χ2n) is 4.96. The standard InChI is InChI=1S/C19H20N2O3/c1-3-6-14(4-2)7-5-10-21-19(24)16(13-20)11-15-8-9-17(22)18(23)12-15/h3-4,6,8-9,11-12,22-23H,1-2,5,7,10H2,(H,21,24)/b14-6+,16-11+. The van der Waals surface area contributed by atoms with E-state index in [2.05, 4.69) is 18.5 Å². The zero-order valence-electron chi connectivity index (χ0n) is 13.3. The van der Waals surface area contributed by atoms with Gasteiger partial charge in [0.15, 0.2) is 11.5 Å². The maximum Gasteiger partial charge on any atom is 0.261 e. The fraction of sp³-hybridized carbons (Fsp3) is 0.158. The van der Waals surface area contributed by atoms with Crippen LogP contribution >= 0.6 is 0 Å². The molecule has 0 heterocycles. The zero-order chi connectivity index (χ0) is 17.9. The van der Waals surface area contributed by atoms with Crippen molar-refractivity contribution in [3.05, 3.63) is 66.3 Å². The number of carbonyl (C=O) groups is 1. The topological polar surface area (TPSA) is 93.4 Å². The predicted molar refractivity (Wildman–Crippen MR) is 94.1 cm³/mol. The lowest BCUT2D eigenvalue weighted by molar-refractivity contribution is -0.117. The van der Waals surface area contributed by atoms with Crippen LogP contribution < -0.4 is 5.32 Å². The van der Waals surface area contributed by atoms with Crippen LogP contribution in [0.4, 0.5) is 0 Å². The Kier molecular flexibility index (Phi) is 7.59. The Morgan fingerprint density at radius 1 is 1.29 bits per heavy atom. The molecule has 1 amide bonds. The van der Waals surface area contributed by atoms with Crippen molar-refractivity contribution in [1.82, 2.24) is 5.32 Å². The third kappa shape index (κ3) is 5.85.